The number of carbonyl (C=O) groups excluding carboxylic acids is 3. The van der Waals surface area contributed by atoms with Crippen LogP contribution in [0.3, 0.4) is 0 Å². The number of imide groups is 1. The van der Waals surface area contributed by atoms with Gasteiger partial charge in [-0.3, -0.25) is 10.1 Å². The standard InChI is InChI=1S/C14H13ClN2O6/c1-7(13(19)17-14(16)20)23-11(18)3-2-8-4-9(15)12-10(5-8)21-6-22-12/h2-5,7H,6H2,1H3,(H3,16,17,19,20)/b3-2+/t7-/m1/s1. The minimum Gasteiger partial charge on any atom is -0.454 e. The van der Waals surface area contributed by atoms with Crippen LogP contribution in [0.2, 0.25) is 5.02 Å². The van der Waals surface area contributed by atoms with E-state index in [-0.39, 0.29) is 6.79 Å². The lowest BCUT2D eigenvalue weighted by Gasteiger charge is -2.10. The molecule has 122 valence electrons. The number of hydrogen-bond donors (Lipinski definition) is 2. The Labute approximate surface area is 136 Å². The number of esters is 1. The van der Waals surface area contributed by atoms with Gasteiger partial charge in [-0.15, -0.1) is 0 Å². The van der Waals surface area contributed by atoms with Crippen molar-refractivity contribution in [3.8, 4) is 11.5 Å². The molecule has 0 aromatic heterocycles. The number of rotatable bonds is 4. The summed E-state index contributed by atoms with van der Waals surface area (Å²) in [5, 5.41) is 2.16. The lowest BCUT2D eigenvalue weighted by atomic mass is 10.2. The molecule has 1 heterocycles. The van der Waals surface area contributed by atoms with Gasteiger partial charge in [-0.2, -0.15) is 0 Å². The van der Waals surface area contributed by atoms with E-state index in [9.17, 15) is 14.4 Å². The summed E-state index contributed by atoms with van der Waals surface area (Å²) in [4.78, 5) is 33.6. The number of fused-ring (bicyclic) bond motifs is 1. The van der Waals surface area contributed by atoms with E-state index in [1.54, 1.807) is 12.1 Å². The Morgan fingerprint density at radius 3 is 2.83 bits per heavy atom. The maximum atomic E-state index is 11.6. The number of carbonyl (C=O) groups is 3. The molecule has 0 aliphatic carbocycles. The number of benzene rings is 1. The van der Waals surface area contributed by atoms with Gasteiger partial charge in [0.15, 0.2) is 17.6 Å². The number of urea groups is 1. The average molecular weight is 341 g/mol. The Morgan fingerprint density at radius 2 is 2.13 bits per heavy atom. The molecule has 1 aromatic carbocycles. The lowest BCUT2D eigenvalue weighted by molar-refractivity contribution is -0.149. The summed E-state index contributed by atoms with van der Waals surface area (Å²) in [7, 11) is 0. The van der Waals surface area contributed by atoms with Crippen molar-refractivity contribution < 1.29 is 28.6 Å². The monoisotopic (exact) mass is 340 g/mol. The molecule has 9 heteroatoms. The number of halogens is 1. The summed E-state index contributed by atoms with van der Waals surface area (Å²) >= 11 is 6.01. The largest absolute Gasteiger partial charge is 0.454 e. The van der Waals surface area contributed by atoms with Crippen LogP contribution < -0.4 is 20.5 Å². The van der Waals surface area contributed by atoms with Crippen molar-refractivity contribution in [2.45, 2.75) is 13.0 Å². The normalized spacial score (nSPS) is 13.7. The van der Waals surface area contributed by atoms with Gasteiger partial charge in [0, 0.05) is 6.08 Å². The Hall–Kier alpha value is -2.74. The summed E-state index contributed by atoms with van der Waals surface area (Å²) in [6, 6.07) is 2.20. The van der Waals surface area contributed by atoms with E-state index in [1.165, 1.54) is 13.0 Å². The van der Waals surface area contributed by atoms with Gasteiger partial charge in [-0.05, 0) is 30.7 Å². The van der Waals surface area contributed by atoms with Crippen LogP contribution in [0.15, 0.2) is 18.2 Å². The molecule has 0 fully saturated rings. The van der Waals surface area contributed by atoms with Gasteiger partial charge in [0.05, 0.1) is 5.02 Å². The van der Waals surface area contributed by atoms with E-state index in [0.717, 1.165) is 6.08 Å². The fourth-order valence-corrected chi connectivity index (χ4v) is 2.01. The molecule has 1 aliphatic heterocycles. The van der Waals surface area contributed by atoms with Crippen molar-refractivity contribution in [3.05, 3.63) is 28.8 Å². The van der Waals surface area contributed by atoms with Crippen LogP contribution in [0.5, 0.6) is 11.5 Å². The number of nitrogens with two attached hydrogens (primary N) is 1. The van der Waals surface area contributed by atoms with Gasteiger partial charge in [0.2, 0.25) is 6.79 Å². The minimum atomic E-state index is -1.17. The third kappa shape index (κ3) is 4.36. The van der Waals surface area contributed by atoms with Crippen LogP contribution >= 0.6 is 11.6 Å². The SMILES string of the molecule is C[C@@H](OC(=O)/C=C/c1cc(Cl)c2c(c1)OCO2)C(=O)NC(N)=O. The highest BCUT2D eigenvalue weighted by atomic mass is 35.5. The Kier molecular flexibility index (Phi) is 5.07. The molecular formula is C14H13ClN2O6. The smallest absolute Gasteiger partial charge is 0.331 e. The Balaban J connectivity index is 1.97. The Morgan fingerprint density at radius 1 is 1.39 bits per heavy atom. The van der Waals surface area contributed by atoms with Crippen molar-refractivity contribution >= 4 is 35.6 Å². The maximum absolute atomic E-state index is 11.6. The lowest BCUT2D eigenvalue weighted by Crippen LogP contribution is -2.42. The number of ether oxygens (including phenoxy) is 3. The molecule has 1 atom stereocenters. The molecule has 3 amide bonds. The van der Waals surface area contributed by atoms with E-state index < -0.39 is 24.0 Å². The van der Waals surface area contributed by atoms with Crippen LogP contribution in [0.25, 0.3) is 6.08 Å². The van der Waals surface area contributed by atoms with Crippen molar-refractivity contribution in [2.24, 2.45) is 5.73 Å². The fourth-order valence-electron chi connectivity index (χ4n) is 1.74. The molecule has 0 saturated carbocycles. The predicted octanol–water partition coefficient (Wildman–Crippen LogP) is 1.21. The van der Waals surface area contributed by atoms with E-state index in [4.69, 9.17) is 31.5 Å². The van der Waals surface area contributed by atoms with Gasteiger partial charge in [0.25, 0.3) is 5.91 Å². The molecule has 1 aliphatic rings. The molecule has 23 heavy (non-hydrogen) atoms. The van der Waals surface area contributed by atoms with Crippen LogP contribution in [0.1, 0.15) is 12.5 Å². The molecule has 0 saturated heterocycles. The van der Waals surface area contributed by atoms with Gasteiger partial charge >= 0.3 is 12.0 Å². The predicted molar refractivity (Wildman–Crippen MR) is 79.9 cm³/mol. The molecule has 2 rings (SSSR count). The third-order valence-electron chi connectivity index (χ3n) is 2.77. The van der Waals surface area contributed by atoms with E-state index in [2.05, 4.69) is 0 Å². The first-order chi connectivity index (χ1) is 10.9. The highest BCUT2D eigenvalue weighted by Crippen LogP contribution is 2.40. The van der Waals surface area contributed by atoms with Crippen molar-refractivity contribution in [3.63, 3.8) is 0 Å². The molecule has 0 bridgehead atoms. The van der Waals surface area contributed by atoms with E-state index >= 15 is 0 Å². The molecule has 0 unspecified atom stereocenters. The average Bonchev–Trinajstić information content (AvgIpc) is 2.93. The van der Waals surface area contributed by atoms with E-state index in [0.29, 0.717) is 22.1 Å². The first kappa shape index (κ1) is 16.6. The zero-order valence-corrected chi connectivity index (χ0v) is 12.8. The quantitative estimate of drug-likeness (QED) is 0.628. The number of primary amides is 1. The molecule has 0 radical (unpaired) electrons. The van der Waals surface area contributed by atoms with Crippen LogP contribution in [0.4, 0.5) is 4.79 Å². The topological polar surface area (TPSA) is 117 Å². The van der Waals surface area contributed by atoms with Gasteiger partial charge in [-0.1, -0.05) is 11.6 Å². The van der Waals surface area contributed by atoms with Crippen LogP contribution in [-0.4, -0.2) is 30.8 Å². The van der Waals surface area contributed by atoms with Crippen LogP contribution in [0, 0.1) is 0 Å². The summed E-state index contributed by atoms with van der Waals surface area (Å²) in [6.45, 7) is 1.39. The third-order valence-corrected chi connectivity index (χ3v) is 3.05. The summed E-state index contributed by atoms with van der Waals surface area (Å²) in [6.07, 6.45) is 1.39. The van der Waals surface area contributed by atoms with Crippen molar-refractivity contribution in [1.29, 1.82) is 0 Å². The summed E-state index contributed by atoms with van der Waals surface area (Å²) in [5.74, 6) is -0.667. The number of amides is 3. The molecule has 3 N–H and O–H groups in total. The number of hydrogen-bond acceptors (Lipinski definition) is 6. The van der Waals surface area contributed by atoms with Crippen molar-refractivity contribution in [1.82, 2.24) is 5.32 Å². The van der Waals surface area contributed by atoms with E-state index in [1.807, 2.05) is 5.32 Å². The summed E-state index contributed by atoms with van der Waals surface area (Å²) in [5.41, 5.74) is 5.38. The second-order valence-electron chi connectivity index (χ2n) is 4.50. The minimum absolute atomic E-state index is 0.0801. The highest BCUT2D eigenvalue weighted by Gasteiger charge is 2.19. The zero-order valence-electron chi connectivity index (χ0n) is 12.0. The maximum Gasteiger partial charge on any atom is 0.331 e. The Bertz CT molecular complexity index is 688. The molecule has 0 spiro atoms. The second-order valence-corrected chi connectivity index (χ2v) is 4.91. The highest BCUT2D eigenvalue weighted by molar-refractivity contribution is 6.32. The molecular weight excluding hydrogens is 328 g/mol. The molecule has 8 nitrogen and oxygen atoms in total. The first-order valence-corrected chi connectivity index (χ1v) is 6.82. The van der Waals surface area contributed by atoms with Crippen molar-refractivity contribution in [2.75, 3.05) is 6.79 Å². The second kappa shape index (κ2) is 7.01. The van der Waals surface area contributed by atoms with Gasteiger partial charge in [-0.25, -0.2) is 9.59 Å². The summed E-state index contributed by atoms with van der Waals surface area (Å²) < 4.78 is 15.2. The molecule has 1 aromatic rings. The van der Waals surface area contributed by atoms with Gasteiger partial charge in [0.1, 0.15) is 0 Å². The number of nitrogens with one attached hydrogen (secondary N) is 1. The first-order valence-electron chi connectivity index (χ1n) is 6.45. The zero-order chi connectivity index (χ0) is 17.0. The fraction of sp³-hybridized carbons (Fsp3) is 0.214. The van der Waals surface area contributed by atoms with Crippen LogP contribution in [-0.2, 0) is 14.3 Å². The van der Waals surface area contributed by atoms with Gasteiger partial charge < -0.3 is 19.9 Å².